The highest BCUT2D eigenvalue weighted by Crippen LogP contribution is 2.14. The standard InChI is InChI=1S/C15H10ClN3OS/c1-2-19-14(20)13(21-15(19)11(8-17)9-18)7-10-5-3-4-6-12(10)16/h3-7H,2H2,1H3/b13-7+. The van der Waals surface area contributed by atoms with Gasteiger partial charge in [-0.3, -0.25) is 9.36 Å². The first kappa shape index (κ1) is 15.1. The van der Waals surface area contributed by atoms with Crippen molar-refractivity contribution in [2.24, 2.45) is 0 Å². The van der Waals surface area contributed by atoms with E-state index < -0.39 is 0 Å². The molecule has 0 aliphatic carbocycles. The molecule has 0 atom stereocenters. The van der Waals surface area contributed by atoms with Crippen LogP contribution in [0.3, 0.4) is 0 Å². The monoisotopic (exact) mass is 315 g/mol. The van der Waals surface area contributed by atoms with Crippen molar-refractivity contribution >= 4 is 34.6 Å². The summed E-state index contributed by atoms with van der Waals surface area (Å²) >= 11 is 7.20. The van der Waals surface area contributed by atoms with Crippen LogP contribution in [0.15, 0.2) is 29.1 Å². The molecule has 0 N–H and O–H groups in total. The van der Waals surface area contributed by atoms with Crippen molar-refractivity contribution in [3.8, 4) is 12.1 Å². The highest BCUT2D eigenvalue weighted by atomic mass is 35.5. The predicted molar refractivity (Wildman–Crippen MR) is 83.2 cm³/mol. The fraction of sp³-hybridized carbons (Fsp3) is 0.133. The van der Waals surface area contributed by atoms with Gasteiger partial charge in [-0.05, 0) is 24.6 Å². The second-order valence-electron chi connectivity index (χ2n) is 4.09. The molecule has 0 saturated heterocycles. The summed E-state index contributed by atoms with van der Waals surface area (Å²) in [5, 5.41) is 18.5. The van der Waals surface area contributed by atoms with E-state index in [0.717, 1.165) is 16.9 Å². The van der Waals surface area contributed by atoms with Crippen LogP contribution in [0.4, 0.5) is 0 Å². The normalized spacial score (nSPS) is 11.0. The van der Waals surface area contributed by atoms with Gasteiger partial charge in [0.1, 0.15) is 16.8 Å². The van der Waals surface area contributed by atoms with Gasteiger partial charge in [0.05, 0.1) is 4.53 Å². The van der Waals surface area contributed by atoms with Gasteiger partial charge in [-0.15, -0.1) is 11.3 Å². The van der Waals surface area contributed by atoms with E-state index in [-0.39, 0.29) is 11.1 Å². The number of thiazole rings is 1. The van der Waals surface area contributed by atoms with Crippen molar-refractivity contribution in [3.05, 3.63) is 54.4 Å². The molecule has 0 aliphatic rings. The van der Waals surface area contributed by atoms with Crippen molar-refractivity contribution in [1.29, 1.82) is 10.5 Å². The Kier molecular flexibility index (Phi) is 4.59. The molecule has 0 amide bonds. The fourth-order valence-electron chi connectivity index (χ4n) is 1.85. The first-order valence-corrected chi connectivity index (χ1v) is 7.32. The maximum atomic E-state index is 12.3. The van der Waals surface area contributed by atoms with Gasteiger partial charge in [0, 0.05) is 11.6 Å². The summed E-state index contributed by atoms with van der Waals surface area (Å²) in [6, 6.07) is 10.8. The Bertz CT molecular complexity index is 925. The van der Waals surface area contributed by atoms with Crippen LogP contribution in [0.25, 0.3) is 11.6 Å². The van der Waals surface area contributed by atoms with E-state index in [1.807, 2.05) is 18.2 Å². The summed E-state index contributed by atoms with van der Waals surface area (Å²) in [6.07, 6.45) is 1.68. The van der Waals surface area contributed by atoms with E-state index in [0.29, 0.717) is 20.8 Å². The van der Waals surface area contributed by atoms with Gasteiger partial charge in [-0.2, -0.15) is 10.5 Å². The van der Waals surface area contributed by atoms with Crippen molar-refractivity contribution in [2.75, 3.05) is 0 Å². The Morgan fingerprint density at radius 1 is 1.38 bits per heavy atom. The molecule has 0 bridgehead atoms. The molecule has 1 heterocycles. The lowest BCUT2D eigenvalue weighted by molar-refractivity contribution is 0.722. The van der Waals surface area contributed by atoms with Gasteiger partial charge in [0.2, 0.25) is 0 Å². The maximum absolute atomic E-state index is 12.3. The second-order valence-corrected chi connectivity index (χ2v) is 5.52. The molecule has 0 fully saturated rings. The van der Waals surface area contributed by atoms with Gasteiger partial charge in [0.15, 0.2) is 5.57 Å². The summed E-state index contributed by atoms with van der Waals surface area (Å²) in [7, 11) is 0. The lowest BCUT2D eigenvalue weighted by Crippen LogP contribution is -2.31. The molecule has 2 rings (SSSR count). The minimum absolute atomic E-state index is 0.0576. The number of nitrogens with zero attached hydrogens (tertiary/aromatic N) is 3. The van der Waals surface area contributed by atoms with E-state index in [1.54, 1.807) is 31.2 Å². The second kappa shape index (κ2) is 6.41. The molecule has 6 heteroatoms. The Balaban J connectivity index is 2.85. The summed E-state index contributed by atoms with van der Waals surface area (Å²) < 4.78 is 2.25. The molecule has 4 nitrogen and oxygen atoms in total. The first-order chi connectivity index (χ1) is 10.1. The number of nitriles is 2. The third-order valence-corrected chi connectivity index (χ3v) is 4.33. The van der Waals surface area contributed by atoms with Crippen LogP contribution in [0.2, 0.25) is 5.02 Å². The van der Waals surface area contributed by atoms with Crippen LogP contribution in [-0.2, 0) is 6.54 Å². The molecule has 0 radical (unpaired) electrons. The Labute approximate surface area is 130 Å². The van der Waals surface area contributed by atoms with Crippen LogP contribution in [0.5, 0.6) is 0 Å². The number of benzene rings is 1. The molecule has 1 aromatic carbocycles. The molecule has 0 saturated carbocycles. The van der Waals surface area contributed by atoms with Crippen LogP contribution in [0, 0.1) is 22.7 Å². The molecule has 104 valence electrons. The maximum Gasteiger partial charge on any atom is 0.269 e. The predicted octanol–water partition coefficient (Wildman–Crippen LogP) is 1.61. The SMILES string of the molecule is CCn1c(=C(C#N)C#N)s/c(=C/c2ccccc2Cl)c1=O. The number of rotatable bonds is 2. The Hall–Kier alpha value is -2.34. The minimum atomic E-state index is -0.222. The van der Waals surface area contributed by atoms with Crippen molar-refractivity contribution in [1.82, 2.24) is 4.57 Å². The molecular formula is C15H10ClN3OS. The van der Waals surface area contributed by atoms with Gasteiger partial charge in [0.25, 0.3) is 5.56 Å². The largest absolute Gasteiger partial charge is 0.298 e. The van der Waals surface area contributed by atoms with Crippen molar-refractivity contribution in [2.45, 2.75) is 13.5 Å². The molecule has 0 spiro atoms. The van der Waals surface area contributed by atoms with Crippen LogP contribution in [0.1, 0.15) is 12.5 Å². The molecule has 2 aromatic rings. The summed E-state index contributed by atoms with van der Waals surface area (Å²) in [6.45, 7) is 2.19. The quantitative estimate of drug-likeness (QED) is 0.845. The van der Waals surface area contributed by atoms with Gasteiger partial charge < -0.3 is 0 Å². The highest BCUT2D eigenvalue weighted by Gasteiger charge is 2.08. The van der Waals surface area contributed by atoms with E-state index in [4.69, 9.17) is 22.1 Å². The van der Waals surface area contributed by atoms with Crippen molar-refractivity contribution < 1.29 is 0 Å². The first-order valence-electron chi connectivity index (χ1n) is 6.12. The van der Waals surface area contributed by atoms with Crippen molar-refractivity contribution in [3.63, 3.8) is 0 Å². The molecule has 21 heavy (non-hydrogen) atoms. The third kappa shape index (κ3) is 2.90. The van der Waals surface area contributed by atoms with Crippen LogP contribution >= 0.6 is 22.9 Å². The number of halogens is 1. The lowest BCUT2D eigenvalue weighted by atomic mass is 10.2. The van der Waals surface area contributed by atoms with Crippen LogP contribution < -0.4 is 14.8 Å². The number of hydrogen-bond donors (Lipinski definition) is 0. The van der Waals surface area contributed by atoms with E-state index in [2.05, 4.69) is 0 Å². The molecule has 0 unspecified atom stereocenters. The average molecular weight is 316 g/mol. The lowest BCUT2D eigenvalue weighted by Gasteiger charge is -1.94. The zero-order valence-corrected chi connectivity index (χ0v) is 12.7. The summed E-state index contributed by atoms with van der Waals surface area (Å²) in [5.41, 5.74) is 0.445. The topological polar surface area (TPSA) is 69.6 Å². The van der Waals surface area contributed by atoms with E-state index >= 15 is 0 Å². The van der Waals surface area contributed by atoms with E-state index in [9.17, 15) is 4.79 Å². The highest BCUT2D eigenvalue weighted by molar-refractivity contribution is 7.07. The Morgan fingerprint density at radius 2 is 2.05 bits per heavy atom. The number of hydrogen-bond acceptors (Lipinski definition) is 4. The molecular weight excluding hydrogens is 306 g/mol. The minimum Gasteiger partial charge on any atom is -0.298 e. The van der Waals surface area contributed by atoms with Crippen LogP contribution in [-0.4, -0.2) is 4.57 Å². The molecule has 1 aromatic heterocycles. The van der Waals surface area contributed by atoms with E-state index in [1.165, 1.54) is 4.57 Å². The fourth-order valence-corrected chi connectivity index (χ4v) is 3.14. The zero-order chi connectivity index (χ0) is 15.4. The van der Waals surface area contributed by atoms with Gasteiger partial charge >= 0.3 is 0 Å². The zero-order valence-electron chi connectivity index (χ0n) is 11.1. The smallest absolute Gasteiger partial charge is 0.269 e. The average Bonchev–Trinajstić information content (AvgIpc) is 2.79. The summed E-state index contributed by atoms with van der Waals surface area (Å²) in [4.78, 5) is 12.3. The Morgan fingerprint density at radius 3 is 2.62 bits per heavy atom. The molecule has 0 aliphatic heterocycles. The third-order valence-electron chi connectivity index (χ3n) is 2.85. The number of aromatic nitrogens is 1. The van der Waals surface area contributed by atoms with Gasteiger partial charge in [-0.1, -0.05) is 29.8 Å². The summed E-state index contributed by atoms with van der Waals surface area (Å²) in [5.74, 6) is 0. The van der Waals surface area contributed by atoms with Gasteiger partial charge in [-0.25, -0.2) is 0 Å².